The molecule has 0 aromatic heterocycles. The van der Waals surface area contributed by atoms with Gasteiger partial charge in [-0.15, -0.1) is 0 Å². The Balaban J connectivity index is 2.63. The molecule has 106 valence electrons. The molecule has 0 heterocycles. The van der Waals surface area contributed by atoms with Crippen molar-refractivity contribution in [3.63, 3.8) is 0 Å². The smallest absolute Gasteiger partial charge is 0.224 e. The Bertz CT molecular complexity index is 429. The lowest BCUT2D eigenvalue weighted by molar-refractivity contribution is -0.131. The van der Waals surface area contributed by atoms with E-state index in [1.165, 1.54) is 0 Å². The van der Waals surface area contributed by atoms with Crippen LogP contribution in [0.1, 0.15) is 25.8 Å². The minimum atomic E-state index is -0.113. The molecule has 0 saturated heterocycles. The van der Waals surface area contributed by atoms with E-state index >= 15 is 0 Å². The van der Waals surface area contributed by atoms with Gasteiger partial charge in [0, 0.05) is 36.1 Å². The number of hydrogen-bond donors (Lipinski definition) is 1. The minimum absolute atomic E-state index is 0.0253. The van der Waals surface area contributed by atoms with Crippen LogP contribution in [0.5, 0.6) is 0 Å². The fraction of sp³-hybridized carbons (Fsp3) is 0.500. The lowest BCUT2D eigenvalue weighted by Crippen LogP contribution is -2.35. The quantitative estimate of drug-likeness (QED) is 0.907. The Kier molecular flexibility index (Phi) is 6.11. The first kappa shape index (κ1) is 16.3. The van der Waals surface area contributed by atoms with Crippen molar-refractivity contribution < 1.29 is 4.79 Å². The number of amides is 1. The molecule has 0 fully saturated rings. The van der Waals surface area contributed by atoms with Gasteiger partial charge in [-0.05, 0) is 29.7 Å². The van der Waals surface area contributed by atoms with Crippen molar-refractivity contribution >= 4 is 29.1 Å². The van der Waals surface area contributed by atoms with Gasteiger partial charge in [0.05, 0.1) is 0 Å². The van der Waals surface area contributed by atoms with Crippen molar-refractivity contribution in [2.75, 3.05) is 7.05 Å². The van der Waals surface area contributed by atoms with Crippen LogP contribution in [0.3, 0.4) is 0 Å². The first-order valence-corrected chi connectivity index (χ1v) is 6.99. The summed E-state index contributed by atoms with van der Waals surface area (Å²) in [6.45, 7) is 4.49. The maximum absolute atomic E-state index is 12.0. The summed E-state index contributed by atoms with van der Waals surface area (Å²) in [4.78, 5) is 13.7. The van der Waals surface area contributed by atoms with Gasteiger partial charge in [0.1, 0.15) is 0 Å². The molecule has 1 atom stereocenters. The molecular weight excluding hydrogens is 283 g/mol. The van der Waals surface area contributed by atoms with Gasteiger partial charge in [-0.2, -0.15) is 0 Å². The summed E-state index contributed by atoms with van der Waals surface area (Å²) in [7, 11) is 1.75. The summed E-state index contributed by atoms with van der Waals surface area (Å²) in [6, 6.07) is 5.17. The third kappa shape index (κ3) is 5.39. The van der Waals surface area contributed by atoms with Crippen LogP contribution in [-0.4, -0.2) is 23.9 Å². The Morgan fingerprint density at radius 2 is 1.79 bits per heavy atom. The molecule has 0 radical (unpaired) electrons. The van der Waals surface area contributed by atoms with Crippen LogP contribution in [0.4, 0.5) is 0 Å². The second-order valence-corrected chi connectivity index (χ2v) is 6.01. The summed E-state index contributed by atoms with van der Waals surface area (Å²) < 4.78 is 0. The highest BCUT2D eigenvalue weighted by atomic mass is 35.5. The number of carbonyl (C=O) groups is 1. The normalized spacial score (nSPS) is 12.6. The third-order valence-corrected chi connectivity index (χ3v) is 3.47. The second-order valence-electron chi connectivity index (χ2n) is 5.14. The first-order valence-electron chi connectivity index (χ1n) is 6.24. The molecule has 0 aliphatic heterocycles. The van der Waals surface area contributed by atoms with E-state index in [-0.39, 0.29) is 17.9 Å². The predicted molar refractivity (Wildman–Crippen MR) is 80.4 cm³/mol. The van der Waals surface area contributed by atoms with E-state index < -0.39 is 0 Å². The average Bonchev–Trinajstić information content (AvgIpc) is 2.26. The van der Waals surface area contributed by atoms with Crippen molar-refractivity contribution in [1.29, 1.82) is 0 Å². The molecule has 1 unspecified atom stereocenters. The van der Waals surface area contributed by atoms with Crippen LogP contribution in [0.25, 0.3) is 0 Å². The van der Waals surface area contributed by atoms with E-state index in [4.69, 9.17) is 28.9 Å². The van der Waals surface area contributed by atoms with E-state index in [0.717, 1.165) is 5.56 Å². The zero-order valence-corrected chi connectivity index (χ0v) is 13.0. The Morgan fingerprint density at radius 3 is 2.26 bits per heavy atom. The van der Waals surface area contributed by atoms with Gasteiger partial charge in [-0.1, -0.05) is 37.0 Å². The fourth-order valence-electron chi connectivity index (χ4n) is 1.66. The lowest BCUT2D eigenvalue weighted by atomic mass is 10.0. The number of halogens is 2. The van der Waals surface area contributed by atoms with Gasteiger partial charge in [-0.3, -0.25) is 4.79 Å². The summed E-state index contributed by atoms with van der Waals surface area (Å²) in [6.07, 6.45) is 0.350. The van der Waals surface area contributed by atoms with Crippen LogP contribution in [0.2, 0.25) is 10.0 Å². The van der Waals surface area contributed by atoms with Crippen molar-refractivity contribution in [2.24, 2.45) is 11.7 Å². The van der Waals surface area contributed by atoms with E-state index in [9.17, 15) is 4.79 Å². The Hall–Kier alpha value is -0.770. The van der Waals surface area contributed by atoms with Crippen LogP contribution in [0.15, 0.2) is 18.2 Å². The topological polar surface area (TPSA) is 46.3 Å². The predicted octanol–water partition coefficient (Wildman–Crippen LogP) is 3.33. The van der Waals surface area contributed by atoms with E-state index in [0.29, 0.717) is 23.0 Å². The SMILES string of the molecule is CC(C)C(N)CC(=O)N(C)Cc1cc(Cl)cc(Cl)c1. The highest BCUT2D eigenvalue weighted by Gasteiger charge is 2.16. The van der Waals surface area contributed by atoms with Gasteiger partial charge in [-0.25, -0.2) is 0 Å². The number of hydrogen-bond acceptors (Lipinski definition) is 2. The molecule has 5 heteroatoms. The minimum Gasteiger partial charge on any atom is -0.341 e. The van der Waals surface area contributed by atoms with Crippen LogP contribution < -0.4 is 5.73 Å². The van der Waals surface area contributed by atoms with Crippen molar-refractivity contribution in [2.45, 2.75) is 32.9 Å². The van der Waals surface area contributed by atoms with Crippen molar-refractivity contribution in [3.05, 3.63) is 33.8 Å². The molecule has 2 N–H and O–H groups in total. The van der Waals surface area contributed by atoms with Crippen molar-refractivity contribution in [3.8, 4) is 0 Å². The van der Waals surface area contributed by atoms with E-state index in [2.05, 4.69) is 0 Å². The standard InChI is InChI=1S/C14H20Cl2N2O/c1-9(2)13(17)7-14(19)18(3)8-10-4-11(15)6-12(16)5-10/h4-6,9,13H,7-8,17H2,1-3H3. The maximum atomic E-state index is 12.0. The van der Waals surface area contributed by atoms with Crippen LogP contribution >= 0.6 is 23.2 Å². The summed E-state index contributed by atoms with van der Waals surface area (Å²) in [5, 5.41) is 1.14. The Morgan fingerprint density at radius 1 is 1.26 bits per heavy atom. The van der Waals surface area contributed by atoms with Crippen molar-refractivity contribution in [1.82, 2.24) is 4.90 Å². The number of nitrogens with two attached hydrogens (primary N) is 1. The van der Waals surface area contributed by atoms with Crippen LogP contribution in [-0.2, 0) is 11.3 Å². The first-order chi connectivity index (χ1) is 8.79. The van der Waals surface area contributed by atoms with Gasteiger partial charge in [0.25, 0.3) is 0 Å². The lowest BCUT2D eigenvalue weighted by Gasteiger charge is -2.21. The molecule has 0 spiro atoms. The molecule has 1 rings (SSSR count). The second kappa shape index (κ2) is 7.13. The van der Waals surface area contributed by atoms with Gasteiger partial charge in [0.15, 0.2) is 0 Å². The number of nitrogens with zero attached hydrogens (tertiary/aromatic N) is 1. The third-order valence-electron chi connectivity index (χ3n) is 3.03. The molecule has 1 amide bonds. The molecule has 0 bridgehead atoms. The highest BCUT2D eigenvalue weighted by molar-refractivity contribution is 6.34. The molecule has 0 aliphatic carbocycles. The average molecular weight is 303 g/mol. The van der Waals surface area contributed by atoms with Gasteiger partial charge in [0.2, 0.25) is 5.91 Å². The fourth-order valence-corrected chi connectivity index (χ4v) is 2.23. The molecule has 0 saturated carbocycles. The molecule has 19 heavy (non-hydrogen) atoms. The number of benzene rings is 1. The monoisotopic (exact) mass is 302 g/mol. The summed E-state index contributed by atoms with van der Waals surface area (Å²) in [5.74, 6) is 0.315. The zero-order valence-electron chi connectivity index (χ0n) is 11.5. The molecule has 1 aromatic rings. The maximum Gasteiger partial charge on any atom is 0.224 e. The zero-order chi connectivity index (χ0) is 14.6. The summed E-state index contributed by atoms with van der Waals surface area (Å²) in [5.41, 5.74) is 6.82. The highest BCUT2D eigenvalue weighted by Crippen LogP contribution is 2.20. The largest absolute Gasteiger partial charge is 0.341 e. The van der Waals surface area contributed by atoms with Gasteiger partial charge < -0.3 is 10.6 Å². The van der Waals surface area contributed by atoms with E-state index in [1.54, 1.807) is 30.1 Å². The molecule has 1 aromatic carbocycles. The molecular formula is C14H20Cl2N2O. The Labute approximate surface area is 124 Å². The number of rotatable bonds is 5. The van der Waals surface area contributed by atoms with Crippen LogP contribution in [0, 0.1) is 5.92 Å². The molecule has 0 aliphatic rings. The summed E-state index contributed by atoms with van der Waals surface area (Å²) >= 11 is 11.9. The number of carbonyl (C=O) groups excluding carboxylic acids is 1. The molecule has 3 nitrogen and oxygen atoms in total. The van der Waals surface area contributed by atoms with Gasteiger partial charge >= 0.3 is 0 Å². The van der Waals surface area contributed by atoms with E-state index in [1.807, 2.05) is 13.8 Å².